The fourth-order valence-corrected chi connectivity index (χ4v) is 5.46. The van der Waals surface area contributed by atoms with Gasteiger partial charge in [0, 0.05) is 55.0 Å². The van der Waals surface area contributed by atoms with Gasteiger partial charge in [-0.05, 0) is 41.0 Å². The first-order valence-electron chi connectivity index (χ1n) is 12.9. The summed E-state index contributed by atoms with van der Waals surface area (Å²) in [7, 11) is 0. The largest absolute Gasteiger partial charge is 0.336 e. The Kier molecular flexibility index (Phi) is 7.83. The zero-order valence-electron chi connectivity index (χ0n) is 20.8. The molecule has 0 spiro atoms. The Bertz CT molecular complexity index is 1310. The Labute approximate surface area is 221 Å². The lowest BCUT2D eigenvalue weighted by atomic mass is 10.0. The molecular formula is C30H33BrN4O. The van der Waals surface area contributed by atoms with Crippen molar-refractivity contribution in [1.82, 2.24) is 19.4 Å². The molecule has 1 atom stereocenters. The second-order valence-electron chi connectivity index (χ2n) is 9.68. The summed E-state index contributed by atoms with van der Waals surface area (Å²) in [6.45, 7) is 6.27. The van der Waals surface area contributed by atoms with Crippen LogP contribution in [-0.4, -0.2) is 50.9 Å². The van der Waals surface area contributed by atoms with E-state index in [1.54, 1.807) is 0 Å². The zero-order valence-corrected chi connectivity index (χ0v) is 22.4. The molecule has 186 valence electrons. The van der Waals surface area contributed by atoms with Gasteiger partial charge < -0.3 is 9.47 Å². The molecule has 3 aromatic carbocycles. The van der Waals surface area contributed by atoms with E-state index in [0.717, 1.165) is 72.8 Å². The van der Waals surface area contributed by atoms with E-state index < -0.39 is 0 Å². The monoisotopic (exact) mass is 544 g/mol. The van der Waals surface area contributed by atoms with Gasteiger partial charge in [-0.25, -0.2) is 4.98 Å². The summed E-state index contributed by atoms with van der Waals surface area (Å²) in [4.78, 5) is 22.7. The quantitative estimate of drug-likeness (QED) is 0.259. The number of nitrogens with zero attached hydrogens (tertiary/aromatic N) is 4. The van der Waals surface area contributed by atoms with E-state index >= 15 is 0 Å². The maximum atomic E-state index is 13.6. The lowest BCUT2D eigenvalue weighted by Crippen LogP contribution is -2.54. The topological polar surface area (TPSA) is 41.4 Å². The number of unbranched alkanes of at least 4 members (excludes halogenated alkanes) is 1. The molecule has 0 unspecified atom stereocenters. The highest BCUT2D eigenvalue weighted by atomic mass is 79.9. The summed E-state index contributed by atoms with van der Waals surface area (Å²) in [5.41, 5.74) is 3.28. The molecule has 5 rings (SSSR count). The van der Waals surface area contributed by atoms with Crippen molar-refractivity contribution in [2.75, 3.05) is 19.6 Å². The number of halogens is 1. The van der Waals surface area contributed by atoms with Crippen molar-refractivity contribution in [3.63, 3.8) is 0 Å². The third-order valence-corrected chi connectivity index (χ3v) is 7.76. The molecule has 0 N–H and O–H groups in total. The van der Waals surface area contributed by atoms with Crippen molar-refractivity contribution >= 4 is 32.6 Å². The van der Waals surface area contributed by atoms with E-state index in [1.807, 2.05) is 36.8 Å². The second-order valence-corrected chi connectivity index (χ2v) is 10.6. The minimum Gasteiger partial charge on any atom is -0.336 e. The van der Waals surface area contributed by atoms with Gasteiger partial charge in [0.15, 0.2) is 0 Å². The summed E-state index contributed by atoms with van der Waals surface area (Å²) >= 11 is 3.52. The van der Waals surface area contributed by atoms with Crippen LogP contribution in [0.1, 0.15) is 47.8 Å². The number of hydrogen-bond donors (Lipinski definition) is 0. The smallest absolute Gasteiger partial charge is 0.254 e. The molecule has 1 fully saturated rings. The van der Waals surface area contributed by atoms with Gasteiger partial charge in [-0.2, -0.15) is 0 Å². The van der Waals surface area contributed by atoms with Crippen molar-refractivity contribution < 1.29 is 4.79 Å². The Morgan fingerprint density at radius 2 is 1.81 bits per heavy atom. The van der Waals surface area contributed by atoms with Gasteiger partial charge in [0.1, 0.15) is 0 Å². The van der Waals surface area contributed by atoms with E-state index in [4.69, 9.17) is 0 Å². The standard InChI is InChI=1S/C30H33BrN4O/c1-2-3-9-26-20-34(30(36)29-11-6-8-24-7-4-5-10-28(24)29)17-16-33(26)21-27-18-32-22-35(27)19-23-12-14-25(31)15-13-23/h4-8,10-15,18,22,26H,2-3,9,16-17,19-21H2,1H3/t26-/m0/s1. The highest BCUT2D eigenvalue weighted by Gasteiger charge is 2.30. The molecule has 4 aromatic rings. The maximum absolute atomic E-state index is 13.6. The van der Waals surface area contributed by atoms with Crippen molar-refractivity contribution in [2.24, 2.45) is 0 Å². The summed E-state index contributed by atoms with van der Waals surface area (Å²) in [6, 6.07) is 23.0. The molecule has 0 aliphatic carbocycles. The molecule has 0 bridgehead atoms. The Morgan fingerprint density at radius 3 is 2.64 bits per heavy atom. The fraction of sp³-hybridized carbons (Fsp3) is 0.333. The average molecular weight is 546 g/mol. The highest BCUT2D eigenvalue weighted by Crippen LogP contribution is 2.24. The van der Waals surface area contributed by atoms with Gasteiger partial charge in [-0.15, -0.1) is 0 Å². The molecule has 1 aromatic heterocycles. The zero-order chi connectivity index (χ0) is 24.9. The maximum Gasteiger partial charge on any atom is 0.254 e. The van der Waals surface area contributed by atoms with Crippen LogP contribution in [0.5, 0.6) is 0 Å². The SMILES string of the molecule is CCCC[C@H]1CN(C(=O)c2cccc3ccccc23)CCN1Cc1cncn1Cc1ccc(Br)cc1. The van der Waals surface area contributed by atoms with Crippen molar-refractivity contribution in [2.45, 2.75) is 45.3 Å². The van der Waals surface area contributed by atoms with Crippen LogP contribution in [-0.2, 0) is 13.1 Å². The van der Waals surface area contributed by atoms with Crippen molar-refractivity contribution in [3.8, 4) is 0 Å². The lowest BCUT2D eigenvalue weighted by Gasteiger charge is -2.41. The van der Waals surface area contributed by atoms with Crippen LogP contribution < -0.4 is 0 Å². The first kappa shape index (κ1) is 24.7. The van der Waals surface area contributed by atoms with Crippen LogP contribution in [0.4, 0.5) is 0 Å². The van der Waals surface area contributed by atoms with Gasteiger partial charge in [0.25, 0.3) is 5.91 Å². The number of carbonyl (C=O) groups excluding carboxylic acids is 1. The average Bonchev–Trinajstić information content (AvgIpc) is 3.35. The predicted molar refractivity (Wildman–Crippen MR) is 149 cm³/mol. The minimum absolute atomic E-state index is 0.147. The second kappa shape index (κ2) is 11.4. The summed E-state index contributed by atoms with van der Waals surface area (Å²) in [5, 5.41) is 2.15. The minimum atomic E-state index is 0.147. The van der Waals surface area contributed by atoms with Crippen LogP contribution in [0, 0.1) is 0 Å². The fourth-order valence-electron chi connectivity index (χ4n) is 5.20. The van der Waals surface area contributed by atoms with E-state index in [2.05, 4.69) is 84.7 Å². The first-order valence-corrected chi connectivity index (χ1v) is 13.7. The number of hydrogen-bond acceptors (Lipinski definition) is 3. The number of piperazine rings is 1. The van der Waals surface area contributed by atoms with Crippen LogP contribution in [0.25, 0.3) is 10.8 Å². The normalized spacial score (nSPS) is 16.5. The molecule has 0 radical (unpaired) electrons. The van der Waals surface area contributed by atoms with Crippen LogP contribution in [0.3, 0.4) is 0 Å². The van der Waals surface area contributed by atoms with Crippen LogP contribution in [0.2, 0.25) is 0 Å². The molecule has 1 aliphatic rings. The van der Waals surface area contributed by atoms with Gasteiger partial charge in [-0.3, -0.25) is 9.69 Å². The third kappa shape index (κ3) is 5.55. The molecular weight excluding hydrogens is 512 g/mol. The number of aromatic nitrogens is 2. The number of amides is 1. The molecule has 36 heavy (non-hydrogen) atoms. The molecule has 5 nitrogen and oxygen atoms in total. The molecule has 1 aliphatic heterocycles. The van der Waals surface area contributed by atoms with Gasteiger partial charge in [0.05, 0.1) is 12.0 Å². The molecule has 0 saturated carbocycles. The van der Waals surface area contributed by atoms with E-state index in [1.165, 1.54) is 11.3 Å². The van der Waals surface area contributed by atoms with E-state index in [9.17, 15) is 4.79 Å². The van der Waals surface area contributed by atoms with E-state index in [0.29, 0.717) is 6.04 Å². The number of benzene rings is 3. The predicted octanol–water partition coefficient (Wildman–Crippen LogP) is 6.36. The Balaban J connectivity index is 1.31. The number of imidazole rings is 1. The van der Waals surface area contributed by atoms with Gasteiger partial charge >= 0.3 is 0 Å². The van der Waals surface area contributed by atoms with Crippen LogP contribution in [0.15, 0.2) is 83.7 Å². The number of carbonyl (C=O) groups is 1. The molecule has 6 heteroatoms. The summed E-state index contributed by atoms with van der Waals surface area (Å²) in [5.74, 6) is 0.147. The van der Waals surface area contributed by atoms with Crippen molar-refractivity contribution in [3.05, 3.63) is 101 Å². The molecule has 2 heterocycles. The molecule has 1 amide bonds. The van der Waals surface area contributed by atoms with Gasteiger partial charge in [-0.1, -0.05) is 84.2 Å². The van der Waals surface area contributed by atoms with E-state index in [-0.39, 0.29) is 5.91 Å². The Morgan fingerprint density at radius 1 is 1.00 bits per heavy atom. The van der Waals surface area contributed by atoms with Gasteiger partial charge in [0.2, 0.25) is 0 Å². The summed E-state index contributed by atoms with van der Waals surface area (Å²) in [6.07, 6.45) is 7.33. The number of fused-ring (bicyclic) bond motifs is 1. The lowest BCUT2D eigenvalue weighted by molar-refractivity contribution is 0.0429. The third-order valence-electron chi connectivity index (χ3n) is 7.23. The van der Waals surface area contributed by atoms with Crippen molar-refractivity contribution in [1.29, 1.82) is 0 Å². The van der Waals surface area contributed by atoms with Crippen LogP contribution >= 0.6 is 15.9 Å². The number of rotatable bonds is 8. The molecule has 1 saturated heterocycles. The highest BCUT2D eigenvalue weighted by molar-refractivity contribution is 9.10. The first-order chi connectivity index (χ1) is 17.6. The Hall–Kier alpha value is -2.96. The summed E-state index contributed by atoms with van der Waals surface area (Å²) < 4.78 is 3.33.